The van der Waals surface area contributed by atoms with Crippen molar-refractivity contribution in [3.8, 4) is 0 Å². The molecule has 0 atom stereocenters. The van der Waals surface area contributed by atoms with Crippen molar-refractivity contribution in [2.24, 2.45) is 0 Å². The summed E-state index contributed by atoms with van der Waals surface area (Å²) in [5, 5.41) is 9.11. The molecule has 7 heteroatoms. The number of nitrogens with zero attached hydrogens (tertiary/aromatic N) is 1. The number of aromatic amines is 1. The van der Waals surface area contributed by atoms with Crippen molar-refractivity contribution in [2.45, 2.75) is 0 Å². The number of hydrogen-bond donors (Lipinski definition) is 2. The highest BCUT2D eigenvalue weighted by molar-refractivity contribution is 6.31. The van der Waals surface area contributed by atoms with Gasteiger partial charge in [-0.1, -0.05) is 11.6 Å². The summed E-state index contributed by atoms with van der Waals surface area (Å²) in [5.41, 5.74) is -1.69. The van der Waals surface area contributed by atoms with E-state index in [0.29, 0.717) is 5.02 Å². The molecule has 0 amide bonds. The smallest absolute Gasteiger partial charge is 0.422 e. The molecule has 0 bridgehead atoms. The van der Waals surface area contributed by atoms with E-state index in [1.54, 1.807) is 0 Å². The van der Waals surface area contributed by atoms with Gasteiger partial charge in [-0.15, -0.1) is 0 Å². The number of carbonyl (C=O) groups is 1. The second-order valence-corrected chi connectivity index (χ2v) is 3.48. The number of fused-ring (bicyclic) bond motifs is 1. The second-order valence-electron chi connectivity index (χ2n) is 3.04. The van der Waals surface area contributed by atoms with E-state index in [9.17, 15) is 14.4 Å². The van der Waals surface area contributed by atoms with Gasteiger partial charge in [-0.05, 0) is 18.2 Å². The highest BCUT2D eigenvalue weighted by atomic mass is 35.5. The maximum absolute atomic E-state index is 11.6. The fourth-order valence-corrected chi connectivity index (χ4v) is 1.54. The lowest BCUT2D eigenvalue weighted by molar-refractivity contribution is 0.194. The maximum Gasteiger partial charge on any atom is 0.422 e. The number of carboxylic acid groups (broad SMARTS) is 1. The van der Waals surface area contributed by atoms with Crippen molar-refractivity contribution < 1.29 is 9.90 Å². The molecule has 82 valence electrons. The van der Waals surface area contributed by atoms with Crippen LogP contribution in [0.1, 0.15) is 0 Å². The van der Waals surface area contributed by atoms with Crippen LogP contribution in [0.5, 0.6) is 0 Å². The van der Waals surface area contributed by atoms with Crippen LogP contribution in [0.25, 0.3) is 10.9 Å². The largest absolute Gasteiger partial charge is 0.464 e. The van der Waals surface area contributed by atoms with Crippen LogP contribution in [0, 0.1) is 0 Å². The van der Waals surface area contributed by atoms with E-state index in [1.165, 1.54) is 18.2 Å². The minimum absolute atomic E-state index is 0.0893. The molecule has 0 aliphatic heterocycles. The molecule has 0 radical (unpaired) electrons. The topological polar surface area (TPSA) is 92.2 Å². The molecule has 1 aromatic carbocycles. The first-order valence-corrected chi connectivity index (χ1v) is 4.56. The van der Waals surface area contributed by atoms with E-state index >= 15 is 0 Å². The monoisotopic (exact) mass is 240 g/mol. The Bertz CT molecular complexity index is 701. The lowest BCUT2D eigenvalue weighted by atomic mass is 10.2. The Morgan fingerprint density at radius 2 is 2.06 bits per heavy atom. The lowest BCUT2D eigenvalue weighted by Gasteiger charge is -2.01. The Kier molecular flexibility index (Phi) is 2.28. The molecule has 16 heavy (non-hydrogen) atoms. The predicted molar refractivity (Wildman–Crippen MR) is 57.3 cm³/mol. The van der Waals surface area contributed by atoms with Crippen molar-refractivity contribution in [1.29, 1.82) is 0 Å². The van der Waals surface area contributed by atoms with Gasteiger partial charge in [0.05, 0.1) is 10.9 Å². The molecule has 0 aliphatic carbocycles. The molecule has 0 saturated carbocycles. The van der Waals surface area contributed by atoms with E-state index in [0.717, 1.165) is 0 Å². The Hall–Kier alpha value is -2.08. The van der Waals surface area contributed by atoms with Gasteiger partial charge in [0, 0.05) is 5.02 Å². The van der Waals surface area contributed by atoms with Crippen LogP contribution in [-0.2, 0) is 0 Å². The van der Waals surface area contributed by atoms with Crippen LogP contribution in [0.2, 0.25) is 5.02 Å². The first-order chi connectivity index (χ1) is 7.50. The lowest BCUT2D eigenvalue weighted by Crippen LogP contribution is -2.39. The quantitative estimate of drug-likeness (QED) is 0.715. The number of H-pyrrole nitrogens is 1. The van der Waals surface area contributed by atoms with Gasteiger partial charge in [-0.3, -0.25) is 4.79 Å². The molecule has 2 rings (SSSR count). The molecule has 2 aromatic rings. The number of nitrogens with one attached hydrogen (secondary N) is 1. The third-order valence-electron chi connectivity index (χ3n) is 2.05. The zero-order valence-electron chi connectivity index (χ0n) is 7.73. The van der Waals surface area contributed by atoms with Gasteiger partial charge in [0.2, 0.25) is 0 Å². The average Bonchev–Trinajstić information content (AvgIpc) is 2.15. The van der Waals surface area contributed by atoms with Gasteiger partial charge < -0.3 is 10.1 Å². The number of benzene rings is 1. The minimum Gasteiger partial charge on any atom is -0.464 e. The Morgan fingerprint density at radius 1 is 1.38 bits per heavy atom. The Morgan fingerprint density at radius 3 is 2.69 bits per heavy atom. The molecule has 0 aliphatic rings. The molecular weight excluding hydrogens is 236 g/mol. The van der Waals surface area contributed by atoms with Gasteiger partial charge >= 0.3 is 11.8 Å². The fourth-order valence-electron chi connectivity index (χ4n) is 1.36. The van der Waals surface area contributed by atoms with E-state index < -0.39 is 17.3 Å². The summed E-state index contributed by atoms with van der Waals surface area (Å²) in [6.45, 7) is 0. The van der Waals surface area contributed by atoms with Gasteiger partial charge in [-0.2, -0.15) is 4.57 Å². The van der Waals surface area contributed by atoms with E-state index in [-0.39, 0.29) is 15.5 Å². The summed E-state index contributed by atoms with van der Waals surface area (Å²) in [4.78, 5) is 35.8. The standard InChI is InChI=1S/C9H5ClN2O4/c10-4-1-2-5-6(3-4)11-8(14)12(7(5)13)9(15)16/h1-3H,(H,11,14)(H,15,16). The predicted octanol–water partition coefficient (Wildman–Crippen LogP) is 0.869. The Balaban J connectivity index is 3.01. The highest BCUT2D eigenvalue weighted by Gasteiger charge is 2.12. The van der Waals surface area contributed by atoms with Crippen molar-refractivity contribution in [3.63, 3.8) is 0 Å². The molecule has 1 heterocycles. The molecular formula is C9H5ClN2O4. The van der Waals surface area contributed by atoms with Gasteiger partial charge in [0.25, 0.3) is 5.56 Å². The first-order valence-electron chi connectivity index (χ1n) is 4.18. The number of rotatable bonds is 0. The maximum atomic E-state index is 11.6. The van der Waals surface area contributed by atoms with Gasteiger partial charge in [0.15, 0.2) is 0 Å². The molecule has 2 N–H and O–H groups in total. The minimum atomic E-state index is -1.62. The zero-order chi connectivity index (χ0) is 11.9. The van der Waals surface area contributed by atoms with Crippen LogP contribution in [-0.4, -0.2) is 20.8 Å². The van der Waals surface area contributed by atoms with Crippen LogP contribution in [0.3, 0.4) is 0 Å². The summed E-state index contributed by atoms with van der Waals surface area (Å²) in [5.74, 6) is 0. The summed E-state index contributed by atoms with van der Waals surface area (Å²) < 4.78 is 0.107. The van der Waals surface area contributed by atoms with E-state index in [2.05, 4.69) is 4.98 Å². The highest BCUT2D eigenvalue weighted by Crippen LogP contribution is 2.13. The molecule has 0 unspecified atom stereocenters. The molecule has 1 aromatic heterocycles. The number of hydrogen-bond acceptors (Lipinski definition) is 3. The van der Waals surface area contributed by atoms with Crippen molar-refractivity contribution in [1.82, 2.24) is 9.55 Å². The van der Waals surface area contributed by atoms with E-state index in [4.69, 9.17) is 16.7 Å². The second kappa shape index (κ2) is 3.49. The molecule has 6 nitrogen and oxygen atoms in total. The van der Waals surface area contributed by atoms with Crippen LogP contribution in [0.4, 0.5) is 4.79 Å². The number of halogens is 1. The molecule has 0 fully saturated rings. The molecule has 0 saturated heterocycles. The summed E-state index contributed by atoms with van der Waals surface area (Å²) in [6, 6.07) is 4.18. The van der Waals surface area contributed by atoms with Crippen LogP contribution >= 0.6 is 11.6 Å². The van der Waals surface area contributed by atoms with Gasteiger partial charge in [0.1, 0.15) is 0 Å². The number of aromatic nitrogens is 2. The van der Waals surface area contributed by atoms with Crippen LogP contribution < -0.4 is 11.2 Å². The SMILES string of the molecule is O=C(O)n1c(=O)[nH]c2cc(Cl)ccc2c1=O. The normalized spacial score (nSPS) is 10.6. The Labute approximate surface area is 92.7 Å². The summed E-state index contributed by atoms with van der Waals surface area (Å²) >= 11 is 5.68. The van der Waals surface area contributed by atoms with Crippen molar-refractivity contribution in [3.05, 3.63) is 44.1 Å². The van der Waals surface area contributed by atoms with Gasteiger partial charge in [-0.25, -0.2) is 9.59 Å². The third kappa shape index (κ3) is 1.49. The summed E-state index contributed by atoms with van der Waals surface area (Å²) in [6.07, 6.45) is -1.62. The fraction of sp³-hybridized carbons (Fsp3) is 0. The van der Waals surface area contributed by atoms with Crippen molar-refractivity contribution >= 4 is 28.6 Å². The summed E-state index contributed by atoms with van der Waals surface area (Å²) in [7, 11) is 0. The van der Waals surface area contributed by atoms with Crippen molar-refractivity contribution in [2.75, 3.05) is 0 Å². The average molecular weight is 241 g/mol. The third-order valence-corrected chi connectivity index (χ3v) is 2.29. The molecule has 0 spiro atoms. The van der Waals surface area contributed by atoms with Crippen LogP contribution in [0.15, 0.2) is 27.8 Å². The zero-order valence-corrected chi connectivity index (χ0v) is 8.49. The van der Waals surface area contributed by atoms with E-state index in [1.807, 2.05) is 0 Å². The first kappa shape index (κ1) is 10.4.